The molecule has 0 aliphatic heterocycles. The number of amides is 1. The average molecular weight is 543 g/mol. The number of carbonyl (C=O) groups excluding carboxylic acids is 1. The van der Waals surface area contributed by atoms with E-state index >= 15 is 0 Å². The van der Waals surface area contributed by atoms with Gasteiger partial charge in [0.05, 0.1) is 25.0 Å². The maximum absolute atomic E-state index is 12.8. The van der Waals surface area contributed by atoms with Crippen LogP contribution in [0.3, 0.4) is 0 Å². The van der Waals surface area contributed by atoms with E-state index in [4.69, 9.17) is 18.6 Å². The second kappa shape index (κ2) is 11.4. The zero-order valence-corrected chi connectivity index (χ0v) is 22.2. The maximum Gasteiger partial charge on any atom is 0.381 e. The fourth-order valence-electron chi connectivity index (χ4n) is 3.06. The molecule has 0 saturated carbocycles. The Bertz CT molecular complexity index is 1480. The molecule has 0 atom stereocenters. The summed E-state index contributed by atoms with van der Waals surface area (Å²) in [6, 6.07) is 4.69. The molecule has 0 radical (unpaired) electrons. The van der Waals surface area contributed by atoms with Crippen LogP contribution in [0, 0.1) is 6.92 Å². The predicted molar refractivity (Wildman–Crippen MR) is 138 cm³/mol. The van der Waals surface area contributed by atoms with E-state index in [9.17, 15) is 9.59 Å². The van der Waals surface area contributed by atoms with Crippen molar-refractivity contribution in [1.29, 1.82) is 0 Å². The Morgan fingerprint density at radius 1 is 1.18 bits per heavy atom. The monoisotopic (exact) mass is 542 g/mol. The third-order valence-electron chi connectivity index (χ3n) is 4.73. The fraction of sp³-hybridized carbons (Fsp3) is 0.348. The molecule has 0 bridgehead atoms. The summed E-state index contributed by atoms with van der Waals surface area (Å²) in [7, 11) is 1.30. The van der Waals surface area contributed by atoms with Crippen LogP contribution in [0.15, 0.2) is 39.8 Å². The van der Waals surface area contributed by atoms with Gasteiger partial charge < -0.3 is 23.9 Å². The van der Waals surface area contributed by atoms with Crippen LogP contribution >= 0.6 is 11.3 Å². The molecule has 4 aromatic heterocycles. The van der Waals surface area contributed by atoms with Crippen molar-refractivity contribution in [3.63, 3.8) is 0 Å². The zero-order chi connectivity index (χ0) is 27.3. The Hall–Kier alpha value is -4.37. The van der Waals surface area contributed by atoms with Crippen LogP contribution in [0.5, 0.6) is 11.6 Å². The van der Waals surface area contributed by atoms with Crippen molar-refractivity contribution in [3.8, 4) is 16.8 Å². The van der Waals surface area contributed by atoms with Gasteiger partial charge in [-0.3, -0.25) is 10.1 Å². The van der Waals surface area contributed by atoms with E-state index in [1.807, 2.05) is 33.8 Å². The first-order valence-corrected chi connectivity index (χ1v) is 12.2. The molecule has 0 saturated heterocycles. The van der Waals surface area contributed by atoms with E-state index < -0.39 is 11.5 Å². The van der Waals surface area contributed by atoms with Gasteiger partial charge in [-0.05, 0) is 33.8 Å². The lowest BCUT2D eigenvalue weighted by atomic mass is 10.2. The fourth-order valence-corrected chi connectivity index (χ4v) is 3.82. The number of aromatic nitrogens is 6. The molecule has 4 heterocycles. The van der Waals surface area contributed by atoms with Gasteiger partial charge in [0.15, 0.2) is 5.76 Å². The summed E-state index contributed by atoms with van der Waals surface area (Å²) in [4.78, 5) is 33.8. The van der Waals surface area contributed by atoms with Crippen LogP contribution in [0.25, 0.3) is 5.13 Å². The minimum absolute atomic E-state index is 0.109. The van der Waals surface area contributed by atoms with Crippen molar-refractivity contribution in [3.05, 3.63) is 52.5 Å². The van der Waals surface area contributed by atoms with Gasteiger partial charge in [-0.2, -0.15) is 10.1 Å². The second-order valence-electron chi connectivity index (χ2n) is 8.73. The van der Waals surface area contributed by atoms with Crippen molar-refractivity contribution < 1.29 is 23.4 Å². The Labute approximate surface area is 221 Å². The molecule has 4 aromatic rings. The van der Waals surface area contributed by atoms with Crippen molar-refractivity contribution in [2.45, 2.75) is 33.3 Å². The molecule has 1 amide bonds. The Morgan fingerprint density at radius 3 is 2.71 bits per heavy atom. The highest BCUT2D eigenvalue weighted by molar-refractivity contribution is 7.17. The summed E-state index contributed by atoms with van der Waals surface area (Å²) in [5.41, 5.74) is -0.189. The highest BCUT2D eigenvalue weighted by atomic mass is 32.1. The quantitative estimate of drug-likeness (QED) is 0.281. The standard InChI is InChI=1S/C23H26N8O6S/c1-13-6-9-25-31(13)22-30-29-21(38-22)28-18(32)15-12-14(17(34-5)19(33)37-15)26-20-24-8-7-16(27-20)35-10-11-36-23(2,3)4/h6-9,12H,10-11H2,1-5H3,(H,24,26,27)(H,28,29,32). The third kappa shape index (κ3) is 6.68. The van der Waals surface area contributed by atoms with Crippen LogP contribution < -0.4 is 25.7 Å². The molecular weight excluding hydrogens is 516 g/mol. The summed E-state index contributed by atoms with van der Waals surface area (Å²) >= 11 is 1.10. The number of aryl methyl sites for hydroxylation is 1. The Kier molecular flexibility index (Phi) is 7.97. The number of nitrogens with one attached hydrogen (secondary N) is 2. The first-order valence-electron chi connectivity index (χ1n) is 11.4. The van der Waals surface area contributed by atoms with Gasteiger partial charge in [0.25, 0.3) is 5.91 Å². The first kappa shape index (κ1) is 26.7. The number of hydrogen-bond acceptors (Lipinski definition) is 13. The van der Waals surface area contributed by atoms with Crippen molar-refractivity contribution in [2.24, 2.45) is 0 Å². The number of anilines is 3. The van der Waals surface area contributed by atoms with E-state index in [0.717, 1.165) is 17.0 Å². The van der Waals surface area contributed by atoms with Crippen LogP contribution in [-0.4, -0.2) is 61.8 Å². The molecule has 38 heavy (non-hydrogen) atoms. The summed E-state index contributed by atoms with van der Waals surface area (Å²) < 4.78 is 23.1. The van der Waals surface area contributed by atoms with E-state index in [-0.39, 0.29) is 40.5 Å². The number of hydrogen-bond donors (Lipinski definition) is 2. The molecule has 0 fully saturated rings. The van der Waals surface area contributed by atoms with Crippen LogP contribution in [0.1, 0.15) is 37.0 Å². The van der Waals surface area contributed by atoms with E-state index in [2.05, 4.69) is 35.9 Å². The van der Waals surface area contributed by atoms with Gasteiger partial charge in [-0.1, -0.05) is 11.3 Å². The summed E-state index contributed by atoms with van der Waals surface area (Å²) in [5.74, 6) is -0.777. The van der Waals surface area contributed by atoms with Gasteiger partial charge in [0, 0.05) is 30.2 Å². The number of methoxy groups -OCH3 is 1. The predicted octanol–water partition coefficient (Wildman–Crippen LogP) is 2.97. The Balaban J connectivity index is 1.48. The SMILES string of the molecule is COc1c(Nc2nccc(OCCOC(C)(C)C)n2)cc(C(=O)Nc2nnc(-n3nccc3C)s2)oc1=O. The van der Waals surface area contributed by atoms with Crippen molar-refractivity contribution >= 4 is 34.0 Å². The normalized spacial score (nSPS) is 11.3. The molecule has 0 aromatic carbocycles. The van der Waals surface area contributed by atoms with Gasteiger partial charge in [0.1, 0.15) is 6.61 Å². The number of carbonyl (C=O) groups is 1. The van der Waals surface area contributed by atoms with E-state index in [1.165, 1.54) is 19.4 Å². The molecule has 2 N–H and O–H groups in total. The van der Waals surface area contributed by atoms with Crippen molar-refractivity contribution in [2.75, 3.05) is 31.0 Å². The molecule has 15 heteroatoms. The lowest BCUT2D eigenvalue weighted by Crippen LogP contribution is -2.22. The van der Waals surface area contributed by atoms with Crippen LogP contribution in [0.4, 0.5) is 16.8 Å². The molecule has 200 valence electrons. The third-order valence-corrected chi connectivity index (χ3v) is 5.54. The highest BCUT2D eigenvalue weighted by Crippen LogP contribution is 2.26. The maximum atomic E-state index is 12.8. The topological polar surface area (TPSA) is 168 Å². The number of nitrogens with zero attached hydrogens (tertiary/aromatic N) is 6. The summed E-state index contributed by atoms with van der Waals surface area (Å²) in [6.07, 6.45) is 3.11. The molecule has 0 unspecified atom stereocenters. The molecule has 0 aliphatic rings. The molecular formula is C23H26N8O6S. The second-order valence-corrected chi connectivity index (χ2v) is 9.68. The smallest absolute Gasteiger partial charge is 0.381 e. The summed E-state index contributed by atoms with van der Waals surface area (Å²) in [5, 5.41) is 18.2. The van der Waals surface area contributed by atoms with Gasteiger partial charge >= 0.3 is 5.63 Å². The van der Waals surface area contributed by atoms with Gasteiger partial charge in [0.2, 0.25) is 27.8 Å². The lowest BCUT2D eigenvalue weighted by molar-refractivity contribution is -0.0168. The summed E-state index contributed by atoms with van der Waals surface area (Å²) in [6.45, 7) is 8.37. The lowest BCUT2D eigenvalue weighted by Gasteiger charge is -2.19. The largest absolute Gasteiger partial charge is 0.488 e. The molecule has 4 rings (SSSR count). The average Bonchev–Trinajstić information content (AvgIpc) is 3.50. The molecule has 0 aliphatic carbocycles. The van der Waals surface area contributed by atoms with E-state index in [1.54, 1.807) is 16.9 Å². The van der Waals surface area contributed by atoms with E-state index in [0.29, 0.717) is 17.6 Å². The first-order chi connectivity index (χ1) is 18.1. The van der Waals surface area contributed by atoms with Gasteiger partial charge in [-0.15, -0.1) is 10.2 Å². The number of ether oxygens (including phenoxy) is 3. The van der Waals surface area contributed by atoms with Crippen molar-refractivity contribution in [1.82, 2.24) is 29.9 Å². The zero-order valence-electron chi connectivity index (χ0n) is 21.3. The molecule has 0 spiro atoms. The van der Waals surface area contributed by atoms with Crippen LogP contribution in [0.2, 0.25) is 0 Å². The molecule has 14 nitrogen and oxygen atoms in total. The minimum Gasteiger partial charge on any atom is -0.488 e. The Morgan fingerprint density at radius 2 is 2.00 bits per heavy atom. The number of rotatable bonds is 10. The van der Waals surface area contributed by atoms with Gasteiger partial charge in [-0.25, -0.2) is 14.5 Å². The minimum atomic E-state index is -0.875. The van der Waals surface area contributed by atoms with Crippen LogP contribution in [-0.2, 0) is 4.74 Å². The highest BCUT2D eigenvalue weighted by Gasteiger charge is 2.20.